The number of hydrogen-bond donors (Lipinski definition) is 3. The number of amides is 3. The number of hydrogen-bond acceptors (Lipinski definition) is 4. The zero-order chi connectivity index (χ0) is 23.2. The second-order valence-electron chi connectivity index (χ2n) is 7.78. The topological polar surface area (TPSA) is 86.4 Å². The predicted octanol–water partition coefficient (Wildman–Crippen LogP) is 4.87. The number of nitrogens with zero attached hydrogens (tertiary/aromatic N) is 2. The molecule has 0 bridgehead atoms. The van der Waals surface area contributed by atoms with Crippen molar-refractivity contribution in [1.82, 2.24) is 10.3 Å². The molecular formula is C26H25N5O2. The first-order valence-corrected chi connectivity index (χ1v) is 10.6. The minimum atomic E-state index is -0.384. The van der Waals surface area contributed by atoms with Gasteiger partial charge in [0, 0.05) is 49.8 Å². The summed E-state index contributed by atoms with van der Waals surface area (Å²) < 4.78 is 0. The van der Waals surface area contributed by atoms with Crippen LogP contribution in [0.25, 0.3) is 10.8 Å². The third kappa shape index (κ3) is 5.27. The van der Waals surface area contributed by atoms with Gasteiger partial charge in [-0.2, -0.15) is 0 Å². The third-order valence-corrected chi connectivity index (χ3v) is 5.19. The molecule has 0 aliphatic heterocycles. The quantitative estimate of drug-likeness (QED) is 0.400. The monoisotopic (exact) mass is 439 g/mol. The lowest BCUT2D eigenvalue weighted by molar-refractivity contribution is 0.0951. The second kappa shape index (κ2) is 9.82. The first kappa shape index (κ1) is 21.8. The summed E-state index contributed by atoms with van der Waals surface area (Å²) in [5, 5.41) is 10.6. The van der Waals surface area contributed by atoms with Crippen LogP contribution in [0.2, 0.25) is 0 Å². The van der Waals surface area contributed by atoms with Crippen LogP contribution in [-0.4, -0.2) is 31.0 Å². The summed E-state index contributed by atoms with van der Waals surface area (Å²) in [7, 11) is 3.74. The van der Waals surface area contributed by atoms with Crippen LogP contribution >= 0.6 is 0 Å². The van der Waals surface area contributed by atoms with E-state index in [9.17, 15) is 9.59 Å². The fourth-order valence-corrected chi connectivity index (χ4v) is 3.58. The van der Waals surface area contributed by atoms with Crippen LogP contribution in [0.1, 0.15) is 15.9 Å². The van der Waals surface area contributed by atoms with Gasteiger partial charge in [-0.3, -0.25) is 9.78 Å². The van der Waals surface area contributed by atoms with Crippen LogP contribution in [0.5, 0.6) is 0 Å². The van der Waals surface area contributed by atoms with E-state index in [1.54, 1.807) is 24.5 Å². The number of fused-ring (bicyclic) bond motifs is 1. The molecule has 4 aromatic rings. The minimum Gasteiger partial charge on any atom is -0.377 e. The standard InChI is InChI=1S/C26H25N5O2/c1-31(2)24-13-12-20(15-22(24)25(32)28-17-18-7-6-14-27-16-18)29-26(33)30-23-11-5-9-19-8-3-4-10-21(19)23/h3-16H,17H2,1-2H3,(H,28,32)(H2,29,30,33). The van der Waals surface area contributed by atoms with Gasteiger partial charge >= 0.3 is 6.03 Å². The third-order valence-electron chi connectivity index (χ3n) is 5.19. The van der Waals surface area contributed by atoms with Crippen molar-refractivity contribution >= 4 is 39.8 Å². The molecule has 0 atom stereocenters. The van der Waals surface area contributed by atoms with Gasteiger partial charge in [-0.25, -0.2) is 4.79 Å². The maximum Gasteiger partial charge on any atom is 0.323 e. The number of nitrogens with one attached hydrogen (secondary N) is 3. The van der Waals surface area contributed by atoms with E-state index >= 15 is 0 Å². The summed E-state index contributed by atoms with van der Waals surface area (Å²) in [5.74, 6) is -0.235. The molecule has 1 heterocycles. The van der Waals surface area contributed by atoms with Crippen molar-refractivity contribution < 1.29 is 9.59 Å². The van der Waals surface area contributed by atoms with E-state index in [1.165, 1.54) is 0 Å². The van der Waals surface area contributed by atoms with Crippen molar-refractivity contribution in [1.29, 1.82) is 0 Å². The smallest absolute Gasteiger partial charge is 0.323 e. The van der Waals surface area contributed by atoms with Crippen molar-refractivity contribution in [2.45, 2.75) is 6.54 Å². The highest BCUT2D eigenvalue weighted by atomic mass is 16.2. The number of benzene rings is 3. The van der Waals surface area contributed by atoms with Crippen molar-refractivity contribution in [3.05, 3.63) is 96.3 Å². The Balaban J connectivity index is 1.50. The molecule has 3 amide bonds. The van der Waals surface area contributed by atoms with Gasteiger partial charge in [0.05, 0.1) is 11.3 Å². The van der Waals surface area contributed by atoms with Crippen molar-refractivity contribution in [3.63, 3.8) is 0 Å². The molecule has 0 aliphatic carbocycles. The fourth-order valence-electron chi connectivity index (χ4n) is 3.58. The van der Waals surface area contributed by atoms with E-state index < -0.39 is 0 Å². The van der Waals surface area contributed by atoms with Crippen LogP contribution in [0.4, 0.5) is 21.9 Å². The number of carbonyl (C=O) groups is 2. The lowest BCUT2D eigenvalue weighted by Crippen LogP contribution is -2.26. The molecular weight excluding hydrogens is 414 g/mol. The van der Waals surface area contributed by atoms with Crippen LogP contribution in [0.3, 0.4) is 0 Å². The van der Waals surface area contributed by atoms with Gasteiger partial charge in [-0.05, 0) is 41.3 Å². The van der Waals surface area contributed by atoms with Crippen LogP contribution in [-0.2, 0) is 6.54 Å². The predicted molar refractivity (Wildman–Crippen MR) is 133 cm³/mol. The molecule has 7 heteroatoms. The maximum absolute atomic E-state index is 12.9. The summed E-state index contributed by atoms with van der Waals surface area (Å²) >= 11 is 0. The molecule has 0 saturated carbocycles. The van der Waals surface area contributed by atoms with Gasteiger partial charge in [0.2, 0.25) is 0 Å². The summed E-state index contributed by atoms with van der Waals surface area (Å²) in [6.45, 7) is 0.360. The molecule has 0 unspecified atom stereocenters. The van der Waals surface area contributed by atoms with E-state index in [0.717, 1.165) is 22.0 Å². The Labute approximate surface area is 192 Å². The Hall–Kier alpha value is -4.39. The highest BCUT2D eigenvalue weighted by Crippen LogP contribution is 2.25. The zero-order valence-electron chi connectivity index (χ0n) is 18.5. The summed E-state index contributed by atoms with van der Waals surface area (Å²) in [6, 6.07) is 22.2. The van der Waals surface area contributed by atoms with Gasteiger partial charge in [0.15, 0.2) is 0 Å². The Morgan fingerprint density at radius 1 is 0.909 bits per heavy atom. The van der Waals surface area contributed by atoms with Crippen LogP contribution in [0.15, 0.2) is 85.2 Å². The molecule has 33 heavy (non-hydrogen) atoms. The molecule has 7 nitrogen and oxygen atoms in total. The molecule has 3 aromatic carbocycles. The highest BCUT2D eigenvalue weighted by molar-refractivity contribution is 6.07. The maximum atomic E-state index is 12.9. The number of aromatic nitrogens is 1. The Morgan fingerprint density at radius 3 is 2.52 bits per heavy atom. The SMILES string of the molecule is CN(C)c1ccc(NC(=O)Nc2cccc3ccccc23)cc1C(=O)NCc1cccnc1. The number of urea groups is 1. The van der Waals surface area contributed by atoms with E-state index in [1.807, 2.05) is 79.7 Å². The van der Waals surface area contributed by atoms with Crippen LogP contribution < -0.4 is 20.9 Å². The highest BCUT2D eigenvalue weighted by Gasteiger charge is 2.15. The number of rotatable bonds is 6. The molecule has 0 radical (unpaired) electrons. The summed E-state index contributed by atoms with van der Waals surface area (Å²) in [5.41, 5.74) is 3.35. The molecule has 0 fully saturated rings. The zero-order valence-corrected chi connectivity index (χ0v) is 18.5. The fraction of sp³-hybridized carbons (Fsp3) is 0.115. The molecule has 166 valence electrons. The molecule has 1 aromatic heterocycles. The average molecular weight is 440 g/mol. The number of carbonyl (C=O) groups excluding carboxylic acids is 2. The van der Waals surface area contributed by atoms with E-state index in [2.05, 4.69) is 20.9 Å². The number of anilines is 3. The van der Waals surface area contributed by atoms with Crippen LogP contribution in [0, 0.1) is 0 Å². The first-order chi connectivity index (χ1) is 16.0. The van der Waals surface area contributed by atoms with E-state index in [0.29, 0.717) is 23.5 Å². The largest absolute Gasteiger partial charge is 0.377 e. The summed E-state index contributed by atoms with van der Waals surface area (Å²) in [6.07, 6.45) is 3.40. The number of pyridine rings is 1. The van der Waals surface area contributed by atoms with E-state index in [4.69, 9.17) is 0 Å². The molecule has 0 aliphatic rings. The lowest BCUT2D eigenvalue weighted by Gasteiger charge is -2.19. The van der Waals surface area contributed by atoms with Gasteiger partial charge in [-0.15, -0.1) is 0 Å². The van der Waals surface area contributed by atoms with Gasteiger partial charge in [0.1, 0.15) is 0 Å². The Kier molecular flexibility index (Phi) is 6.50. The Bertz CT molecular complexity index is 1280. The van der Waals surface area contributed by atoms with Crippen molar-refractivity contribution in [2.75, 3.05) is 29.6 Å². The molecule has 3 N–H and O–H groups in total. The molecule has 0 saturated heterocycles. The molecule has 4 rings (SSSR count). The Morgan fingerprint density at radius 2 is 1.73 bits per heavy atom. The minimum absolute atomic E-state index is 0.235. The van der Waals surface area contributed by atoms with Crippen molar-refractivity contribution in [3.8, 4) is 0 Å². The van der Waals surface area contributed by atoms with E-state index in [-0.39, 0.29) is 11.9 Å². The van der Waals surface area contributed by atoms with Gasteiger partial charge in [-0.1, -0.05) is 42.5 Å². The lowest BCUT2D eigenvalue weighted by atomic mass is 10.1. The summed E-state index contributed by atoms with van der Waals surface area (Å²) in [4.78, 5) is 31.6. The first-order valence-electron chi connectivity index (χ1n) is 10.6. The normalized spacial score (nSPS) is 10.5. The second-order valence-corrected chi connectivity index (χ2v) is 7.78. The molecule has 0 spiro atoms. The van der Waals surface area contributed by atoms with Crippen molar-refractivity contribution in [2.24, 2.45) is 0 Å². The van der Waals surface area contributed by atoms with Gasteiger partial charge in [0.25, 0.3) is 5.91 Å². The average Bonchev–Trinajstić information content (AvgIpc) is 2.83. The van der Waals surface area contributed by atoms with Gasteiger partial charge < -0.3 is 20.9 Å².